The van der Waals surface area contributed by atoms with Gasteiger partial charge in [0.15, 0.2) is 0 Å². The Kier molecular flexibility index (Phi) is 3.54. The van der Waals surface area contributed by atoms with Crippen LogP contribution in [0.1, 0.15) is 36.8 Å². The number of carbonyl (C=O) groups is 1. The van der Waals surface area contributed by atoms with Gasteiger partial charge < -0.3 is 5.32 Å². The second kappa shape index (κ2) is 5.20. The number of nitrogens with one attached hydrogen (secondary N) is 1. The van der Waals surface area contributed by atoms with Gasteiger partial charge >= 0.3 is 0 Å². The summed E-state index contributed by atoms with van der Waals surface area (Å²) in [5.41, 5.74) is 3.90. The molecule has 0 fully saturated rings. The molecule has 1 N–H and O–H groups in total. The SMILES string of the molecule is CC(=O)NCC[C@@H]1CCc2ccc3nn(C)c(Br)c3c21. The maximum absolute atomic E-state index is 11.0. The van der Waals surface area contributed by atoms with E-state index in [1.807, 2.05) is 11.7 Å². The highest BCUT2D eigenvalue weighted by Crippen LogP contribution is 2.42. The van der Waals surface area contributed by atoms with Crippen LogP contribution in [0.2, 0.25) is 0 Å². The van der Waals surface area contributed by atoms with Gasteiger partial charge in [0.05, 0.1) is 5.52 Å². The van der Waals surface area contributed by atoms with E-state index < -0.39 is 0 Å². The summed E-state index contributed by atoms with van der Waals surface area (Å²) >= 11 is 3.65. The fourth-order valence-corrected chi connectivity index (χ4v) is 3.68. The molecule has 1 aliphatic rings. The van der Waals surface area contributed by atoms with Crippen molar-refractivity contribution in [3.8, 4) is 0 Å². The van der Waals surface area contributed by atoms with E-state index in [1.54, 1.807) is 6.92 Å². The molecule has 106 valence electrons. The molecule has 1 aliphatic carbocycles. The molecule has 2 aromatic rings. The number of benzene rings is 1. The Bertz CT molecular complexity index is 677. The molecule has 20 heavy (non-hydrogen) atoms. The first-order valence-corrected chi connectivity index (χ1v) is 7.75. The van der Waals surface area contributed by atoms with Crippen LogP contribution in [0.5, 0.6) is 0 Å². The summed E-state index contributed by atoms with van der Waals surface area (Å²) in [7, 11) is 1.96. The summed E-state index contributed by atoms with van der Waals surface area (Å²) in [5, 5.41) is 8.68. The fraction of sp³-hybridized carbons (Fsp3) is 0.467. The minimum Gasteiger partial charge on any atom is -0.356 e. The predicted octanol–water partition coefficient (Wildman–Crippen LogP) is 2.89. The van der Waals surface area contributed by atoms with Gasteiger partial charge in [-0.05, 0) is 58.3 Å². The van der Waals surface area contributed by atoms with Crippen LogP contribution in [0.3, 0.4) is 0 Å². The maximum atomic E-state index is 11.0. The first-order chi connectivity index (χ1) is 9.58. The zero-order valence-corrected chi connectivity index (χ0v) is 13.3. The van der Waals surface area contributed by atoms with Crippen molar-refractivity contribution in [3.05, 3.63) is 27.9 Å². The smallest absolute Gasteiger partial charge is 0.216 e. The number of rotatable bonds is 3. The molecule has 0 saturated heterocycles. The van der Waals surface area contributed by atoms with E-state index in [-0.39, 0.29) is 5.91 Å². The van der Waals surface area contributed by atoms with Crippen molar-refractivity contribution in [3.63, 3.8) is 0 Å². The zero-order chi connectivity index (χ0) is 14.3. The minimum atomic E-state index is 0.0454. The van der Waals surface area contributed by atoms with E-state index in [4.69, 9.17) is 0 Å². The molecule has 0 saturated carbocycles. The van der Waals surface area contributed by atoms with Crippen LogP contribution in [0.15, 0.2) is 16.7 Å². The number of hydrogen-bond donors (Lipinski definition) is 1. The van der Waals surface area contributed by atoms with Crippen molar-refractivity contribution < 1.29 is 4.79 Å². The van der Waals surface area contributed by atoms with E-state index in [1.165, 1.54) is 16.5 Å². The first kappa shape index (κ1) is 13.6. The van der Waals surface area contributed by atoms with Crippen LogP contribution in [0, 0.1) is 0 Å². The third kappa shape index (κ3) is 2.24. The lowest BCUT2D eigenvalue weighted by Crippen LogP contribution is -2.22. The van der Waals surface area contributed by atoms with Crippen molar-refractivity contribution in [2.45, 2.75) is 32.1 Å². The largest absolute Gasteiger partial charge is 0.356 e. The quantitative estimate of drug-likeness (QED) is 0.937. The van der Waals surface area contributed by atoms with Crippen molar-refractivity contribution in [2.24, 2.45) is 7.05 Å². The topological polar surface area (TPSA) is 46.9 Å². The summed E-state index contributed by atoms with van der Waals surface area (Å²) in [6.07, 6.45) is 3.28. The molecule has 0 aliphatic heterocycles. The molecule has 0 radical (unpaired) electrons. The molecule has 4 nitrogen and oxygen atoms in total. The lowest BCUT2D eigenvalue weighted by molar-refractivity contribution is -0.118. The van der Waals surface area contributed by atoms with Crippen LogP contribution in [-0.2, 0) is 18.3 Å². The number of halogens is 1. The monoisotopic (exact) mass is 335 g/mol. The molecule has 1 aromatic carbocycles. The normalized spacial score (nSPS) is 17.4. The van der Waals surface area contributed by atoms with E-state index >= 15 is 0 Å². The van der Waals surface area contributed by atoms with Gasteiger partial charge in [0.25, 0.3) is 0 Å². The van der Waals surface area contributed by atoms with E-state index in [2.05, 4.69) is 38.5 Å². The molecular formula is C15H18BrN3O. The van der Waals surface area contributed by atoms with E-state index in [0.29, 0.717) is 5.92 Å². The van der Waals surface area contributed by atoms with E-state index in [9.17, 15) is 4.79 Å². The first-order valence-electron chi connectivity index (χ1n) is 6.96. The number of nitrogens with zero attached hydrogens (tertiary/aromatic N) is 2. The Morgan fingerprint density at radius 3 is 3.10 bits per heavy atom. The molecule has 1 atom stereocenters. The summed E-state index contributed by atoms with van der Waals surface area (Å²) in [4.78, 5) is 11.0. The maximum Gasteiger partial charge on any atom is 0.216 e. The van der Waals surface area contributed by atoms with E-state index in [0.717, 1.165) is 35.9 Å². The molecule has 3 rings (SSSR count). The summed E-state index contributed by atoms with van der Waals surface area (Å²) in [5.74, 6) is 0.560. The van der Waals surface area contributed by atoms with Crippen molar-refractivity contribution >= 4 is 32.7 Å². The second-order valence-corrected chi connectivity index (χ2v) is 6.21. The highest BCUT2D eigenvalue weighted by Gasteiger charge is 2.26. The average molecular weight is 336 g/mol. The van der Waals surface area contributed by atoms with Crippen LogP contribution < -0.4 is 5.32 Å². The number of carbonyl (C=O) groups excluding carboxylic acids is 1. The molecule has 0 spiro atoms. The van der Waals surface area contributed by atoms with Gasteiger partial charge in [-0.2, -0.15) is 5.10 Å². The minimum absolute atomic E-state index is 0.0454. The van der Waals surface area contributed by atoms with Crippen molar-refractivity contribution in [2.75, 3.05) is 6.54 Å². The lowest BCUT2D eigenvalue weighted by Gasteiger charge is -2.13. The molecule has 0 unspecified atom stereocenters. The second-order valence-electron chi connectivity index (χ2n) is 5.45. The van der Waals surface area contributed by atoms with Gasteiger partial charge in [-0.3, -0.25) is 9.48 Å². The Hall–Kier alpha value is -1.36. The van der Waals surface area contributed by atoms with Crippen LogP contribution in [0.4, 0.5) is 0 Å². The summed E-state index contributed by atoms with van der Waals surface area (Å²) < 4.78 is 2.93. The molecule has 1 heterocycles. The molecule has 1 aromatic heterocycles. The number of aryl methyl sites for hydroxylation is 2. The van der Waals surface area contributed by atoms with Gasteiger partial charge in [0.2, 0.25) is 5.91 Å². The number of fused-ring (bicyclic) bond motifs is 3. The average Bonchev–Trinajstić information content (AvgIpc) is 2.92. The standard InChI is InChI=1S/C15H18BrN3O/c1-9(20)17-8-7-11-4-3-10-5-6-12-14(13(10)11)15(16)19(2)18-12/h5-6,11H,3-4,7-8H2,1-2H3,(H,17,20)/t11-/m0/s1. The molecular weight excluding hydrogens is 318 g/mol. The fourth-order valence-electron chi connectivity index (χ4n) is 3.19. The summed E-state index contributed by atoms with van der Waals surface area (Å²) in [6.45, 7) is 2.31. The third-order valence-corrected chi connectivity index (χ3v) is 5.01. The highest BCUT2D eigenvalue weighted by atomic mass is 79.9. The molecule has 0 bridgehead atoms. The van der Waals surface area contributed by atoms with Crippen LogP contribution in [0.25, 0.3) is 10.9 Å². The van der Waals surface area contributed by atoms with Gasteiger partial charge in [-0.25, -0.2) is 0 Å². The molecule has 1 amide bonds. The lowest BCUT2D eigenvalue weighted by atomic mass is 9.95. The van der Waals surface area contributed by atoms with Gasteiger partial charge in [-0.1, -0.05) is 6.07 Å². The number of hydrogen-bond acceptors (Lipinski definition) is 2. The Labute approximate surface area is 126 Å². The van der Waals surface area contributed by atoms with Crippen molar-refractivity contribution in [1.29, 1.82) is 0 Å². The third-order valence-electron chi connectivity index (χ3n) is 4.10. The predicted molar refractivity (Wildman–Crippen MR) is 82.8 cm³/mol. The summed E-state index contributed by atoms with van der Waals surface area (Å²) in [6, 6.07) is 4.31. The van der Waals surface area contributed by atoms with Crippen molar-refractivity contribution in [1.82, 2.24) is 15.1 Å². The van der Waals surface area contributed by atoms with Crippen LogP contribution in [-0.4, -0.2) is 22.2 Å². The Balaban J connectivity index is 1.96. The van der Waals surface area contributed by atoms with Gasteiger partial charge in [0, 0.05) is 25.9 Å². The number of amides is 1. The van der Waals surface area contributed by atoms with Gasteiger partial charge in [0.1, 0.15) is 4.60 Å². The highest BCUT2D eigenvalue weighted by molar-refractivity contribution is 9.10. The van der Waals surface area contributed by atoms with Gasteiger partial charge in [-0.15, -0.1) is 0 Å². The molecule has 5 heteroatoms. The number of aromatic nitrogens is 2. The van der Waals surface area contributed by atoms with Crippen LogP contribution >= 0.6 is 15.9 Å². The zero-order valence-electron chi connectivity index (χ0n) is 11.7. The Morgan fingerprint density at radius 1 is 1.55 bits per heavy atom. The Morgan fingerprint density at radius 2 is 2.35 bits per heavy atom.